The van der Waals surface area contributed by atoms with Crippen LogP contribution in [-0.2, 0) is 14.8 Å². The van der Waals surface area contributed by atoms with E-state index in [1.807, 2.05) is 0 Å². The van der Waals surface area contributed by atoms with E-state index >= 15 is 0 Å². The Bertz CT molecular complexity index is 947. The fourth-order valence-corrected chi connectivity index (χ4v) is 5.55. The van der Waals surface area contributed by atoms with Gasteiger partial charge >= 0.3 is 0 Å². The average molecular weight is 452 g/mol. The summed E-state index contributed by atoms with van der Waals surface area (Å²) in [5.41, 5.74) is 0.684. The number of ether oxygens (including phenoxy) is 1. The zero-order valence-electron chi connectivity index (χ0n) is 17.7. The molecule has 2 aromatic rings. The third-order valence-electron chi connectivity index (χ3n) is 5.12. The summed E-state index contributed by atoms with van der Waals surface area (Å²) in [7, 11) is -3.60. The molecule has 0 aliphatic carbocycles. The van der Waals surface area contributed by atoms with Crippen molar-refractivity contribution in [1.82, 2.24) is 10.2 Å². The summed E-state index contributed by atoms with van der Waals surface area (Å²) in [6.45, 7) is 10.5. The minimum Gasteiger partial charge on any atom is -0.373 e. The number of amides is 1. The van der Waals surface area contributed by atoms with Crippen LogP contribution >= 0.6 is 11.3 Å². The maximum absolute atomic E-state index is 12.6. The standard InChI is InChI=1S/C21H29N3O4S2/c1-15-12-24(13-16(2)28-15)21(3,4)14-22-20(25)17-7-9-18(10-8-17)23-30(26,27)19-6-5-11-29-19/h5-11,15-16,23H,12-14H2,1-4H3,(H,22,25). The van der Waals surface area contributed by atoms with Gasteiger partial charge in [0.2, 0.25) is 0 Å². The van der Waals surface area contributed by atoms with Gasteiger partial charge in [0.15, 0.2) is 0 Å². The highest BCUT2D eigenvalue weighted by Gasteiger charge is 2.33. The normalized spacial score (nSPS) is 20.7. The van der Waals surface area contributed by atoms with Gasteiger partial charge in [-0.05, 0) is 63.4 Å². The summed E-state index contributed by atoms with van der Waals surface area (Å²) in [6.07, 6.45) is 0.323. The number of morpholine rings is 1. The lowest BCUT2D eigenvalue weighted by Crippen LogP contribution is -2.58. The molecule has 30 heavy (non-hydrogen) atoms. The predicted molar refractivity (Wildman–Crippen MR) is 120 cm³/mol. The molecule has 2 heterocycles. The summed E-state index contributed by atoms with van der Waals surface area (Å²) in [6, 6.07) is 9.66. The number of carbonyl (C=O) groups excluding carboxylic acids is 1. The molecule has 7 nitrogen and oxygen atoms in total. The van der Waals surface area contributed by atoms with E-state index in [2.05, 4.69) is 42.6 Å². The van der Waals surface area contributed by atoms with E-state index in [9.17, 15) is 13.2 Å². The Morgan fingerprint density at radius 2 is 1.80 bits per heavy atom. The maximum atomic E-state index is 12.6. The van der Waals surface area contributed by atoms with Gasteiger partial charge < -0.3 is 10.1 Å². The van der Waals surface area contributed by atoms with Gasteiger partial charge in [0.25, 0.3) is 15.9 Å². The van der Waals surface area contributed by atoms with Gasteiger partial charge in [-0.15, -0.1) is 11.3 Å². The molecule has 2 N–H and O–H groups in total. The lowest BCUT2D eigenvalue weighted by atomic mass is 10.00. The predicted octanol–water partition coefficient (Wildman–Crippen LogP) is 3.17. The number of nitrogens with one attached hydrogen (secondary N) is 2. The molecule has 2 atom stereocenters. The van der Waals surface area contributed by atoms with Gasteiger partial charge in [-0.2, -0.15) is 0 Å². The lowest BCUT2D eigenvalue weighted by molar-refractivity contribution is -0.0948. The van der Waals surface area contributed by atoms with Gasteiger partial charge in [0.1, 0.15) is 4.21 Å². The number of rotatable bonds is 7. The van der Waals surface area contributed by atoms with Crippen molar-refractivity contribution in [3.05, 3.63) is 47.3 Å². The Balaban J connectivity index is 1.58. The van der Waals surface area contributed by atoms with Gasteiger partial charge in [0, 0.05) is 36.4 Å². The third-order valence-corrected chi connectivity index (χ3v) is 7.90. The van der Waals surface area contributed by atoms with Crippen molar-refractivity contribution in [3.63, 3.8) is 0 Å². The molecule has 1 aromatic carbocycles. The SMILES string of the molecule is CC1CN(C(C)(C)CNC(=O)c2ccc(NS(=O)(=O)c3cccs3)cc2)CC(C)O1. The van der Waals surface area contributed by atoms with Gasteiger partial charge in [0.05, 0.1) is 12.2 Å². The summed E-state index contributed by atoms with van der Waals surface area (Å²) >= 11 is 1.15. The number of benzene rings is 1. The molecule has 9 heteroatoms. The molecule has 0 spiro atoms. The van der Waals surface area contributed by atoms with E-state index in [4.69, 9.17) is 4.74 Å². The highest BCUT2D eigenvalue weighted by molar-refractivity contribution is 7.94. The number of sulfonamides is 1. The van der Waals surface area contributed by atoms with Crippen LogP contribution in [0.5, 0.6) is 0 Å². The summed E-state index contributed by atoms with van der Waals surface area (Å²) in [4.78, 5) is 14.9. The third kappa shape index (κ3) is 5.60. The van der Waals surface area contributed by atoms with Gasteiger partial charge in [-0.3, -0.25) is 14.4 Å². The Morgan fingerprint density at radius 1 is 1.17 bits per heavy atom. The van der Waals surface area contributed by atoms with E-state index in [0.29, 0.717) is 17.8 Å². The molecular formula is C21H29N3O4S2. The van der Waals surface area contributed by atoms with Crippen LogP contribution in [0.25, 0.3) is 0 Å². The van der Waals surface area contributed by atoms with E-state index in [1.165, 1.54) is 0 Å². The molecule has 1 aliphatic rings. The minimum atomic E-state index is -3.60. The summed E-state index contributed by atoms with van der Waals surface area (Å²) in [5, 5.41) is 4.71. The first-order chi connectivity index (χ1) is 14.1. The molecule has 164 valence electrons. The van der Waals surface area contributed by atoms with Crippen molar-refractivity contribution in [2.75, 3.05) is 24.4 Å². The number of hydrogen-bond donors (Lipinski definition) is 2. The minimum absolute atomic E-state index is 0.161. The molecule has 1 fully saturated rings. The topological polar surface area (TPSA) is 87.7 Å². The van der Waals surface area contributed by atoms with Gasteiger partial charge in [-0.25, -0.2) is 8.42 Å². The Labute approximate surface area is 182 Å². The van der Waals surface area contributed by atoms with Gasteiger partial charge in [-0.1, -0.05) is 6.07 Å². The molecule has 3 rings (SSSR count). The first-order valence-electron chi connectivity index (χ1n) is 9.92. The molecule has 0 bridgehead atoms. The summed E-state index contributed by atoms with van der Waals surface area (Å²) in [5.74, 6) is -0.190. The van der Waals surface area contributed by atoms with Crippen molar-refractivity contribution < 1.29 is 17.9 Å². The van der Waals surface area contributed by atoms with Crippen LogP contribution < -0.4 is 10.0 Å². The second-order valence-corrected chi connectivity index (χ2v) is 11.1. The van der Waals surface area contributed by atoms with Crippen LogP contribution in [0.15, 0.2) is 46.0 Å². The monoisotopic (exact) mass is 451 g/mol. The first-order valence-corrected chi connectivity index (χ1v) is 12.3. The first kappa shape index (κ1) is 22.7. The lowest BCUT2D eigenvalue weighted by Gasteiger charge is -2.45. The highest BCUT2D eigenvalue weighted by atomic mass is 32.2. The van der Waals surface area contributed by atoms with E-state index in [0.717, 1.165) is 24.4 Å². The second-order valence-electron chi connectivity index (χ2n) is 8.27. The van der Waals surface area contributed by atoms with E-state index in [-0.39, 0.29) is 27.9 Å². The summed E-state index contributed by atoms with van der Waals surface area (Å²) < 4.78 is 33.2. The van der Waals surface area contributed by atoms with Crippen molar-refractivity contribution in [2.24, 2.45) is 0 Å². The van der Waals surface area contributed by atoms with E-state index < -0.39 is 10.0 Å². The van der Waals surface area contributed by atoms with Crippen LogP contribution in [-0.4, -0.2) is 56.6 Å². The van der Waals surface area contributed by atoms with Crippen molar-refractivity contribution in [2.45, 2.75) is 49.7 Å². The number of carbonyl (C=O) groups is 1. The number of thiophene rings is 1. The van der Waals surface area contributed by atoms with Crippen LogP contribution in [0.3, 0.4) is 0 Å². The fourth-order valence-electron chi connectivity index (χ4n) is 3.49. The van der Waals surface area contributed by atoms with Crippen molar-refractivity contribution in [1.29, 1.82) is 0 Å². The largest absolute Gasteiger partial charge is 0.373 e. The van der Waals surface area contributed by atoms with Crippen LogP contribution in [0, 0.1) is 0 Å². The molecule has 1 saturated heterocycles. The number of hydrogen-bond acceptors (Lipinski definition) is 6. The Kier molecular flexibility index (Phi) is 6.86. The zero-order chi connectivity index (χ0) is 21.9. The molecule has 2 unspecified atom stereocenters. The van der Waals surface area contributed by atoms with Crippen LogP contribution in [0.1, 0.15) is 38.1 Å². The van der Waals surface area contributed by atoms with E-state index in [1.54, 1.807) is 41.8 Å². The number of anilines is 1. The van der Waals surface area contributed by atoms with Crippen LogP contribution in [0.4, 0.5) is 5.69 Å². The Morgan fingerprint density at radius 3 is 2.37 bits per heavy atom. The van der Waals surface area contributed by atoms with Crippen LogP contribution in [0.2, 0.25) is 0 Å². The molecule has 1 amide bonds. The Hall–Kier alpha value is -1.94. The smallest absolute Gasteiger partial charge is 0.271 e. The van der Waals surface area contributed by atoms with Crippen molar-refractivity contribution >= 4 is 33.0 Å². The maximum Gasteiger partial charge on any atom is 0.271 e. The molecule has 0 saturated carbocycles. The molecule has 1 aromatic heterocycles. The zero-order valence-corrected chi connectivity index (χ0v) is 19.3. The second kappa shape index (κ2) is 9.05. The highest BCUT2D eigenvalue weighted by Crippen LogP contribution is 2.22. The van der Waals surface area contributed by atoms with Crippen molar-refractivity contribution in [3.8, 4) is 0 Å². The fraction of sp³-hybridized carbons (Fsp3) is 0.476. The average Bonchev–Trinajstić information content (AvgIpc) is 3.22. The quantitative estimate of drug-likeness (QED) is 0.675. The molecule has 0 radical (unpaired) electrons. The number of nitrogens with zero attached hydrogens (tertiary/aromatic N) is 1. The molecular weight excluding hydrogens is 422 g/mol. The molecule has 1 aliphatic heterocycles.